The maximum Gasteiger partial charge on any atom is 0.314 e. The highest BCUT2D eigenvalue weighted by molar-refractivity contribution is 5.74. The molecule has 6 heteroatoms. The van der Waals surface area contributed by atoms with Crippen molar-refractivity contribution in [2.75, 3.05) is 19.7 Å². The number of aliphatic carboxylic acids is 1. The second-order valence-electron chi connectivity index (χ2n) is 3.91. The number of carbonyl (C=O) groups excluding carboxylic acids is 1. The third-order valence-electron chi connectivity index (χ3n) is 2.68. The molecule has 16 heavy (non-hydrogen) atoms. The Balaban J connectivity index is 2.08. The van der Waals surface area contributed by atoms with E-state index in [4.69, 9.17) is 9.84 Å². The van der Waals surface area contributed by atoms with Crippen LogP contribution in [0, 0.1) is 5.92 Å². The highest BCUT2D eigenvalue weighted by Crippen LogP contribution is 2.18. The molecule has 92 valence electrons. The molecule has 0 aromatic heterocycles. The van der Waals surface area contributed by atoms with Crippen LogP contribution in [0.2, 0.25) is 0 Å². The lowest BCUT2D eigenvalue weighted by atomic mass is 10.0. The number of carbonyl (C=O) groups is 2. The molecule has 1 heterocycles. The van der Waals surface area contributed by atoms with E-state index in [9.17, 15) is 9.59 Å². The molecule has 0 saturated carbocycles. The Labute approximate surface area is 94.3 Å². The summed E-state index contributed by atoms with van der Waals surface area (Å²) in [5.74, 6) is -0.566. The van der Waals surface area contributed by atoms with Crippen LogP contribution in [0.1, 0.15) is 19.8 Å². The van der Waals surface area contributed by atoms with Gasteiger partial charge in [-0.15, -0.1) is 0 Å². The van der Waals surface area contributed by atoms with E-state index in [-0.39, 0.29) is 25.1 Å². The molecular formula is C10H18N2O4. The van der Waals surface area contributed by atoms with Crippen molar-refractivity contribution >= 4 is 12.0 Å². The van der Waals surface area contributed by atoms with Crippen molar-refractivity contribution in [3.8, 4) is 0 Å². The van der Waals surface area contributed by atoms with Crippen LogP contribution in [0.4, 0.5) is 4.79 Å². The lowest BCUT2D eigenvalue weighted by molar-refractivity contribution is -0.136. The zero-order valence-corrected chi connectivity index (χ0v) is 9.36. The van der Waals surface area contributed by atoms with E-state index in [0.29, 0.717) is 12.5 Å². The number of ether oxygens (including phenoxy) is 1. The van der Waals surface area contributed by atoms with Gasteiger partial charge in [-0.1, -0.05) is 0 Å². The monoisotopic (exact) mass is 230 g/mol. The Kier molecular flexibility index (Phi) is 5.04. The minimum atomic E-state index is -0.918. The Morgan fingerprint density at radius 1 is 1.44 bits per heavy atom. The summed E-state index contributed by atoms with van der Waals surface area (Å²) in [4.78, 5) is 21.4. The van der Waals surface area contributed by atoms with Crippen LogP contribution in [-0.2, 0) is 9.53 Å². The number of amides is 2. The molecule has 2 amide bonds. The van der Waals surface area contributed by atoms with Crippen LogP contribution in [0.25, 0.3) is 0 Å². The van der Waals surface area contributed by atoms with E-state index in [2.05, 4.69) is 10.6 Å². The fourth-order valence-corrected chi connectivity index (χ4v) is 1.61. The summed E-state index contributed by atoms with van der Waals surface area (Å²) in [7, 11) is 0. The van der Waals surface area contributed by atoms with Crippen molar-refractivity contribution in [2.45, 2.75) is 25.9 Å². The third kappa shape index (κ3) is 4.48. The van der Waals surface area contributed by atoms with Gasteiger partial charge in [-0.2, -0.15) is 0 Å². The van der Waals surface area contributed by atoms with Crippen LogP contribution in [-0.4, -0.2) is 42.9 Å². The van der Waals surface area contributed by atoms with Gasteiger partial charge in [-0.25, -0.2) is 4.79 Å². The van der Waals surface area contributed by atoms with Gasteiger partial charge in [0.1, 0.15) is 0 Å². The second-order valence-corrected chi connectivity index (χ2v) is 3.91. The number of nitrogens with one attached hydrogen (secondary N) is 2. The Hall–Kier alpha value is -1.30. The van der Waals surface area contributed by atoms with Crippen molar-refractivity contribution in [1.29, 1.82) is 0 Å². The van der Waals surface area contributed by atoms with E-state index < -0.39 is 5.97 Å². The smallest absolute Gasteiger partial charge is 0.314 e. The molecule has 2 atom stereocenters. The standard InChI is InChI=1S/C10H18N2O4/c1-7-8(3-5-16-7)6-12-10(15)11-4-2-9(13)14/h7-8H,2-6H2,1H3,(H,13,14)(H2,11,12,15). The Morgan fingerprint density at radius 2 is 2.19 bits per heavy atom. The van der Waals surface area contributed by atoms with Crippen molar-refractivity contribution < 1.29 is 19.4 Å². The molecule has 0 aromatic rings. The predicted molar refractivity (Wildman–Crippen MR) is 57.2 cm³/mol. The molecule has 0 spiro atoms. The molecule has 3 N–H and O–H groups in total. The van der Waals surface area contributed by atoms with Crippen molar-refractivity contribution in [3.05, 3.63) is 0 Å². The van der Waals surface area contributed by atoms with Gasteiger partial charge in [0, 0.05) is 25.6 Å². The first kappa shape index (κ1) is 12.8. The maximum absolute atomic E-state index is 11.2. The van der Waals surface area contributed by atoms with E-state index in [0.717, 1.165) is 13.0 Å². The number of rotatable bonds is 5. The third-order valence-corrected chi connectivity index (χ3v) is 2.68. The number of carboxylic acid groups (broad SMARTS) is 1. The summed E-state index contributed by atoms with van der Waals surface area (Å²) in [5.41, 5.74) is 0. The van der Waals surface area contributed by atoms with Crippen molar-refractivity contribution in [1.82, 2.24) is 10.6 Å². The molecule has 1 aliphatic rings. The van der Waals surface area contributed by atoms with Gasteiger partial charge in [-0.3, -0.25) is 4.79 Å². The van der Waals surface area contributed by atoms with Gasteiger partial charge in [0.15, 0.2) is 0 Å². The fraction of sp³-hybridized carbons (Fsp3) is 0.800. The average molecular weight is 230 g/mol. The molecule has 0 bridgehead atoms. The summed E-state index contributed by atoms with van der Waals surface area (Å²) >= 11 is 0. The second kappa shape index (κ2) is 6.32. The first-order valence-corrected chi connectivity index (χ1v) is 5.44. The summed E-state index contributed by atoms with van der Waals surface area (Å²) in [6.45, 7) is 3.45. The highest BCUT2D eigenvalue weighted by atomic mass is 16.5. The van der Waals surface area contributed by atoms with Crippen molar-refractivity contribution in [2.24, 2.45) is 5.92 Å². The largest absolute Gasteiger partial charge is 0.481 e. The van der Waals surface area contributed by atoms with Crippen LogP contribution in [0.3, 0.4) is 0 Å². The number of hydrogen-bond donors (Lipinski definition) is 3. The molecule has 1 aliphatic heterocycles. The predicted octanol–water partition coefficient (Wildman–Crippen LogP) is 0.185. The molecule has 0 aliphatic carbocycles. The van der Waals surface area contributed by atoms with E-state index in [1.165, 1.54) is 0 Å². The summed E-state index contributed by atoms with van der Waals surface area (Å²) in [5, 5.41) is 13.6. The maximum atomic E-state index is 11.2. The summed E-state index contributed by atoms with van der Waals surface area (Å²) in [6.07, 6.45) is 1.08. The van der Waals surface area contributed by atoms with Crippen LogP contribution < -0.4 is 10.6 Å². The van der Waals surface area contributed by atoms with Crippen LogP contribution >= 0.6 is 0 Å². The normalized spacial score (nSPS) is 24.1. The first-order chi connectivity index (χ1) is 7.59. The van der Waals surface area contributed by atoms with Crippen molar-refractivity contribution in [3.63, 3.8) is 0 Å². The van der Waals surface area contributed by atoms with Gasteiger partial charge < -0.3 is 20.5 Å². The number of hydrogen-bond acceptors (Lipinski definition) is 3. The fourth-order valence-electron chi connectivity index (χ4n) is 1.61. The van der Waals surface area contributed by atoms with Gasteiger partial charge in [0.25, 0.3) is 0 Å². The zero-order chi connectivity index (χ0) is 12.0. The molecule has 0 aromatic carbocycles. The van der Waals surface area contributed by atoms with Gasteiger partial charge >= 0.3 is 12.0 Å². The lowest BCUT2D eigenvalue weighted by Gasteiger charge is -2.14. The molecule has 1 rings (SSSR count). The van der Waals surface area contributed by atoms with Gasteiger partial charge in [-0.05, 0) is 13.3 Å². The molecular weight excluding hydrogens is 212 g/mol. The van der Waals surface area contributed by atoms with Crippen LogP contribution in [0.5, 0.6) is 0 Å². The quantitative estimate of drug-likeness (QED) is 0.629. The molecule has 1 saturated heterocycles. The molecule has 6 nitrogen and oxygen atoms in total. The van der Waals surface area contributed by atoms with E-state index >= 15 is 0 Å². The van der Waals surface area contributed by atoms with Gasteiger partial charge in [0.2, 0.25) is 0 Å². The topological polar surface area (TPSA) is 87.7 Å². The summed E-state index contributed by atoms with van der Waals surface area (Å²) < 4.78 is 5.36. The zero-order valence-electron chi connectivity index (χ0n) is 9.36. The average Bonchev–Trinajstić information content (AvgIpc) is 2.60. The molecule has 1 fully saturated rings. The first-order valence-electron chi connectivity index (χ1n) is 5.44. The highest BCUT2D eigenvalue weighted by Gasteiger charge is 2.24. The minimum Gasteiger partial charge on any atom is -0.481 e. The van der Waals surface area contributed by atoms with Crippen LogP contribution in [0.15, 0.2) is 0 Å². The molecule has 0 radical (unpaired) electrons. The molecule has 2 unspecified atom stereocenters. The Morgan fingerprint density at radius 3 is 2.75 bits per heavy atom. The summed E-state index contributed by atoms with van der Waals surface area (Å²) in [6, 6.07) is -0.319. The van der Waals surface area contributed by atoms with E-state index in [1.807, 2.05) is 6.92 Å². The number of carboxylic acids is 1. The number of urea groups is 1. The van der Waals surface area contributed by atoms with E-state index in [1.54, 1.807) is 0 Å². The minimum absolute atomic E-state index is 0.0592. The SMILES string of the molecule is CC1OCCC1CNC(=O)NCCC(=O)O. The lowest BCUT2D eigenvalue weighted by Crippen LogP contribution is -2.40. The Bertz CT molecular complexity index is 257. The van der Waals surface area contributed by atoms with Gasteiger partial charge in [0.05, 0.1) is 12.5 Å².